The third-order valence-electron chi connectivity index (χ3n) is 3.83. The van der Waals surface area contributed by atoms with Crippen molar-refractivity contribution in [3.8, 4) is 12.3 Å². The van der Waals surface area contributed by atoms with Gasteiger partial charge in [-0.2, -0.15) is 0 Å². The van der Waals surface area contributed by atoms with Crippen LogP contribution in [0.25, 0.3) is 0 Å². The zero-order valence-corrected chi connectivity index (χ0v) is 13.2. The lowest BCUT2D eigenvalue weighted by molar-refractivity contribution is -0.0149. The van der Waals surface area contributed by atoms with E-state index in [0.717, 1.165) is 37.2 Å². The Balaban J connectivity index is 1.79. The number of hydrogen-bond donors (Lipinski definition) is 1. The van der Waals surface area contributed by atoms with Crippen molar-refractivity contribution >= 4 is 5.69 Å². The molecule has 120 valence electrons. The van der Waals surface area contributed by atoms with Crippen molar-refractivity contribution in [1.29, 1.82) is 0 Å². The standard InChI is InChI=1S/C18H25NO3/c1-3-15-7-5-8-16(11-15)19(4-2)12-17(20)13-21-14-18-9-6-10-22-18/h1,5,7-8,11,17-18,20H,4,6,9-10,12-14H2,2H3. The topological polar surface area (TPSA) is 41.9 Å². The van der Waals surface area contributed by atoms with Crippen molar-refractivity contribution in [3.05, 3.63) is 29.8 Å². The molecule has 1 aliphatic heterocycles. The van der Waals surface area contributed by atoms with Crippen LogP contribution in [0.3, 0.4) is 0 Å². The number of nitrogens with zero attached hydrogens (tertiary/aromatic N) is 1. The van der Waals surface area contributed by atoms with Gasteiger partial charge >= 0.3 is 0 Å². The van der Waals surface area contributed by atoms with Crippen molar-refractivity contribution in [2.75, 3.05) is 37.8 Å². The predicted octanol–water partition coefficient (Wildman–Crippen LogP) is 2.05. The number of anilines is 1. The summed E-state index contributed by atoms with van der Waals surface area (Å²) < 4.78 is 11.1. The first-order chi connectivity index (χ1) is 10.7. The van der Waals surface area contributed by atoms with Gasteiger partial charge in [-0.3, -0.25) is 0 Å². The van der Waals surface area contributed by atoms with E-state index < -0.39 is 6.10 Å². The number of ether oxygens (including phenoxy) is 2. The van der Waals surface area contributed by atoms with Crippen LogP contribution in [0, 0.1) is 12.3 Å². The van der Waals surface area contributed by atoms with Gasteiger partial charge in [-0.25, -0.2) is 0 Å². The third-order valence-corrected chi connectivity index (χ3v) is 3.83. The van der Waals surface area contributed by atoms with Crippen LogP contribution in [0.15, 0.2) is 24.3 Å². The van der Waals surface area contributed by atoms with E-state index >= 15 is 0 Å². The van der Waals surface area contributed by atoms with Gasteiger partial charge in [0.15, 0.2) is 0 Å². The summed E-state index contributed by atoms with van der Waals surface area (Å²) >= 11 is 0. The highest BCUT2D eigenvalue weighted by atomic mass is 16.5. The second kappa shape index (κ2) is 8.79. The van der Waals surface area contributed by atoms with Crippen LogP contribution in [0.5, 0.6) is 0 Å². The van der Waals surface area contributed by atoms with Gasteiger partial charge in [-0.1, -0.05) is 12.0 Å². The fourth-order valence-electron chi connectivity index (χ4n) is 2.63. The molecule has 0 bridgehead atoms. The van der Waals surface area contributed by atoms with Gasteiger partial charge in [0.2, 0.25) is 0 Å². The number of rotatable bonds is 8. The van der Waals surface area contributed by atoms with E-state index in [1.165, 1.54) is 0 Å². The Morgan fingerprint density at radius 3 is 3.09 bits per heavy atom. The summed E-state index contributed by atoms with van der Waals surface area (Å²) in [6, 6.07) is 7.81. The minimum Gasteiger partial charge on any atom is -0.389 e. The molecule has 0 aliphatic carbocycles. The summed E-state index contributed by atoms with van der Waals surface area (Å²) in [6.07, 6.45) is 7.26. The second-order valence-electron chi connectivity index (χ2n) is 5.56. The number of likely N-dealkylation sites (N-methyl/N-ethyl adjacent to an activating group) is 1. The number of terminal acetylenes is 1. The lowest BCUT2D eigenvalue weighted by atomic mass is 10.2. The van der Waals surface area contributed by atoms with E-state index in [0.29, 0.717) is 19.8 Å². The lowest BCUT2D eigenvalue weighted by Gasteiger charge is -2.26. The van der Waals surface area contributed by atoms with E-state index in [-0.39, 0.29) is 6.10 Å². The third kappa shape index (κ3) is 5.03. The number of hydrogen-bond acceptors (Lipinski definition) is 4. The monoisotopic (exact) mass is 303 g/mol. The molecule has 1 aliphatic rings. The molecule has 2 unspecified atom stereocenters. The SMILES string of the molecule is C#Cc1cccc(N(CC)CC(O)COCC2CCCO2)c1. The zero-order chi connectivity index (χ0) is 15.8. The molecule has 0 radical (unpaired) electrons. The average Bonchev–Trinajstić information content (AvgIpc) is 3.06. The molecule has 22 heavy (non-hydrogen) atoms. The molecular weight excluding hydrogens is 278 g/mol. The summed E-state index contributed by atoms with van der Waals surface area (Å²) in [7, 11) is 0. The number of aliphatic hydroxyl groups excluding tert-OH is 1. The molecule has 0 amide bonds. The van der Waals surface area contributed by atoms with Crippen LogP contribution in [0.2, 0.25) is 0 Å². The van der Waals surface area contributed by atoms with Gasteiger partial charge in [-0.15, -0.1) is 6.42 Å². The van der Waals surface area contributed by atoms with Gasteiger partial charge in [-0.05, 0) is 38.0 Å². The van der Waals surface area contributed by atoms with Crippen molar-refractivity contribution in [1.82, 2.24) is 0 Å². The molecule has 1 aromatic carbocycles. The van der Waals surface area contributed by atoms with E-state index in [4.69, 9.17) is 15.9 Å². The van der Waals surface area contributed by atoms with E-state index in [1.807, 2.05) is 24.3 Å². The van der Waals surface area contributed by atoms with Crippen LogP contribution in [-0.2, 0) is 9.47 Å². The summed E-state index contributed by atoms with van der Waals surface area (Å²) in [4.78, 5) is 2.10. The van der Waals surface area contributed by atoms with Gasteiger partial charge in [0.1, 0.15) is 0 Å². The molecule has 2 rings (SSSR count). The maximum Gasteiger partial charge on any atom is 0.0948 e. The van der Waals surface area contributed by atoms with Gasteiger partial charge in [0.25, 0.3) is 0 Å². The molecule has 0 spiro atoms. The first kappa shape index (κ1) is 16.8. The molecular formula is C18H25NO3. The van der Waals surface area contributed by atoms with Crippen molar-refractivity contribution in [2.45, 2.75) is 32.0 Å². The summed E-state index contributed by atoms with van der Waals surface area (Å²) in [5.41, 5.74) is 1.87. The summed E-state index contributed by atoms with van der Waals surface area (Å²) in [5.74, 6) is 2.64. The molecule has 1 saturated heterocycles. The highest BCUT2D eigenvalue weighted by Crippen LogP contribution is 2.16. The van der Waals surface area contributed by atoms with Crippen molar-refractivity contribution in [2.24, 2.45) is 0 Å². The molecule has 4 heteroatoms. The Hall–Kier alpha value is -1.54. The maximum atomic E-state index is 10.2. The Kier molecular flexibility index (Phi) is 6.73. The minimum absolute atomic E-state index is 0.196. The minimum atomic E-state index is -0.532. The quantitative estimate of drug-likeness (QED) is 0.746. The normalized spacial score (nSPS) is 18.9. The largest absolute Gasteiger partial charge is 0.389 e. The average molecular weight is 303 g/mol. The molecule has 0 saturated carbocycles. The highest BCUT2D eigenvalue weighted by Gasteiger charge is 2.17. The molecule has 2 atom stereocenters. The predicted molar refractivity (Wildman–Crippen MR) is 88.1 cm³/mol. The number of aliphatic hydroxyl groups is 1. The first-order valence-corrected chi connectivity index (χ1v) is 7.92. The van der Waals surface area contributed by atoms with Crippen LogP contribution in [-0.4, -0.2) is 50.2 Å². The first-order valence-electron chi connectivity index (χ1n) is 7.92. The van der Waals surface area contributed by atoms with Crippen molar-refractivity contribution < 1.29 is 14.6 Å². The van der Waals surface area contributed by atoms with Gasteiger partial charge < -0.3 is 19.5 Å². The van der Waals surface area contributed by atoms with Crippen LogP contribution < -0.4 is 4.90 Å². The molecule has 1 heterocycles. The fourth-order valence-corrected chi connectivity index (χ4v) is 2.63. The highest BCUT2D eigenvalue weighted by molar-refractivity contribution is 5.52. The van der Waals surface area contributed by atoms with Crippen LogP contribution in [0.4, 0.5) is 5.69 Å². The molecule has 4 nitrogen and oxygen atoms in total. The van der Waals surface area contributed by atoms with Gasteiger partial charge in [0, 0.05) is 30.9 Å². The van der Waals surface area contributed by atoms with Crippen LogP contribution in [0.1, 0.15) is 25.3 Å². The lowest BCUT2D eigenvalue weighted by Crippen LogP contribution is -2.35. The van der Waals surface area contributed by atoms with E-state index in [2.05, 4.69) is 17.7 Å². The van der Waals surface area contributed by atoms with Gasteiger partial charge in [0.05, 0.1) is 25.4 Å². The summed E-state index contributed by atoms with van der Waals surface area (Å²) in [6.45, 7) is 5.10. The Bertz CT molecular complexity index is 491. The second-order valence-corrected chi connectivity index (χ2v) is 5.56. The van der Waals surface area contributed by atoms with Crippen LogP contribution >= 0.6 is 0 Å². The fraction of sp³-hybridized carbons (Fsp3) is 0.556. The zero-order valence-electron chi connectivity index (χ0n) is 13.2. The molecule has 0 aromatic heterocycles. The van der Waals surface area contributed by atoms with Crippen molar-refractivity contribution in [3.63, 3.8) is 0 Å². The van der Waals surface area contributed by atoms with E-state index in [1.54, 1.807) is 0 Å². The molecule has 1 fully saturated rings. The molecule has 1 N–H and O–H groups in total. The smallest absolute Gasteiger partial charge is 0.0948 e. The maximum absolute atomic E-state index is 10.2. The Morgan fingerprint density at radius 1 is 1.55 bits per heavy atom. The molecule has 1 aromatic rings. The Morgan fingerprint density at radius 2 is 2.41 bits per heavy atom. The van der Waals surface area contributed by atoms with E-state index in [9.17, 15) is 5.11 Å². The summed E-state index contributed by atoms with van der Waals surface area (Å²) in [5, 5.41) is 10.2. The Labute approximate surface area is 133 Å². The number of benzene rings is 1.